The van der Waals surface area contributed by atoms with Crippen molar-refractivity contribution in [3.8, 4) is 5.69 Å². The lowest BCUT2D eigenvalue weighted by molar-refractivity contribution is 0.601. The Morgan fingerprint density at radius 1 is 0.952 bits per heavy atom. The minimum atomic E-state index is 0.171. The Bertz CT molecular complexity index is 774. The predicted octanol–water partition coefficient (Wildman–Crippen LogP) is 4.32. The highest BCUT2D eigenvalue weighted by atomic mass is 35.5. The fourth-order valence-electron chi connectivity index (χ4n) is 3.00. The Morgan fingerprint density at radius 2 is 1.76 bits per heavy atom. The number of aromatic nitrogens is 1. The van der Waals surface area contributed by atoms with E-state index in [9.17, 15) is 0 Å². The molecule has 1 unspecified atom stereocenters. The molecule has 3 heteroatoms. The van der Waals surface area contributed by atoms with Crippen LogP contribution in [0, 0.1) is 0 Å². The van der Waals surface area contributed by atoms with Gasteiger partial charge in [0, 0.05) is 29.1 Å². The van der Waals surface area contributed by atoms with Crippen LogP contribution >= 0.6 is 11.6 Å². The van der Waals surface area contributed by atoms with Crippen LogP contribution in [-0.2, 0) is 6.54 Å². The molecule has 104 valence electrons. The second-order valence-electron chi connectivity index (χ2n) is 5.30. The van der Waals surface area contributed by atoms with Crippen LogP contribution in [0.15, 0.2) is 66.9 Å². The van der Waals surface area contributed by atoms with Crippen molar-refractivity contribution < 1.29 is 0 Å². The highest BCUT2D eigenvalue weighted by Gasteiger charge is 2.22. The average Bonchev–Trinajstić information content (AvgIpc) is 2.93. The summed E-state index contributed by atoms with van der Waals surface area (Å²) in [6, 6.07) is 21.0. The van der Waals surface area contributed by atoms with Crippen molar-refractivity contribution in [2.45, 2.75) is 12.6 Å². The number of nitrogens with zero attached hydrogens (tertiary/aromatic N) is 1. The third-order valence-electron chi connectivity index (χ3n) is 4.03. The van der Waals surface area contributed by atoms with Gasteiger partial charge >= 0.3 is 0 Å². The van der Waals surface area contributed by atoms with Crippen LogP contribution in [0.3, 0.4) is 0 Å². The van der Waals surface area contributed by atoms with Crippen LogP contribution in [0.25, 0.3) is 5.69 Å². The summed E-state index contributed by atoms with van der Waals surface area (Å²) in [4.78, 5) is 0. The molecule has 0 aliphatic carbocycles. The van der Waals surface area contributed by atoms with Crippen molar-refractivity contribution in [2.24, 2.45) is 0 Å². The molecule has 4 rings (SSSR count). The van der Waals surface area contributed by atoms with E-state index < -0.39 is 0 Å². The first-order chi connectivity index (χ1) is 10.3. The van der Waals surface area contributed by atoms with Crippen LogP contribution in [0.4, 0.5) is 0 Å². The molecule has 0 spiro atoms. The number of nitrogens with one attached hydrogen (secondary N) is 1. The van der Waals surface area contributed by atoms with Crippen LogP contribution < -0.4 is 5.32 Å². The molecule has 0 saturated heterocycles. The van der Waals surface area contributed by atoms with E-state index in [1.807, 2.05) is 12.1 Å². The molecule has 0 radical (unpaired) electrons. The van der Waals surface area contributed by atoms with E-state index in [1.165, 1.54) is 22.5 Å². The summed E-state index contributed by atoms with van der Waals surface area (Å²) in [5, 5.41) is 4.42. The molecule has 1 atom stereocenters. The second-order valence-corrected chi connectivity index (χ2v) is 5.73. The number of rotatable bonds is 1. The van der Waals surface area contributed by atoms with Gasteiger partial charge in [0.1, 0.15) is 0 Å². The molecule has 0 bridgehead atoms. The Hall–Kier alpha value is -2.03. The second kappa shape index (κ2) is 5.06. The molecule has 3 aromatic rings. The SMILES string of the molecule is Clc1ccc(C2NCc3ccccc3-n3cccc32)cc1. The topological polar surface area (TPSA) is 17.0 Å². The lowest BCUT2D eigenvalue weighted by atomic mass is 10.0. The first kappa shape index (κ1) is 12.7. The first-order valence-electron chi connectivity index (χ1n) is 7.07. The molecule has 1 N–H and O–H groups in total. The van der Waals surface area contributed by atoms with Crippen LogP contribution in [0.5, 0.6) is 0 Å². The largest absolute Gasteiger partial charge is 0.319 e. The van der Waals surface area contributed by atoms with Gasteiger partial charge in [-0.05, 0) is 41.5 Å². The summed E-state index contributed by atoms with van der Waals surface area (Å²) in [6.07, 6.45) is 2.13. The normalized spacial score (nSPS) is 16.9. The van der Waals surface area contributed by atoms with E-state index >= 15 is 0 Å². The average molecular weight is 295 g/mol. The van der Waals surface area contributed by atoms with Crippen molar-refractivity contribution in [3.63, 3.8) is 0 Å². The Balaban J connectivity index is 1.85. The molecule has 2 heterocycles. The van der Waals surface area contributed by atoms with Crippen molar-refractivity contribution in [3.05, 3.63) is 88.7 Å². The summed E-state index contributed by atoms with van der Waals surface area (Å²) in [5.74, 6) is 0. The summed E-state index contributed by atoms with van der Waals surface area (Å²) in [6.45, 7) is 0.852. The van der Waals surface area contributed by atoms with Crippen LogP contribution in [-0.4, -0.2) is 4.57 Å². The quantitative estimate of drug-likeness (QED) is 0.707. The van der Waals surface area contributed by atoms with E-state index in [1.54, 1.807) is 0 Å². The van der Waals surface area contributed by atoms with E-state index in [0.29, 0.717) is 0 Å². The van der Waals surface area contributed by atoms with Gasteiger partial charge in [-0.1, -0.05) is 41.9 Å². The maximum absolute atomic E-state index is 6.01. The van der Waals surface area contributed by atoms with Crippen molar-refractivity contribution in [1.29, 1.82) is 0 Å². The number of hydrogen-bond donors (Lipinski definition) is 1. The fraction of sp³-hybridized carbons (Fsp3) is 0.111. The minimum Gasteiger partial charge on any atom is -0.319 e. The van der Waals surface area contributed by atoms with Crippen molar-refractivity contribution >= 4 is 11.6 Å². The highest BCUT2D eigenvalue weighted by molar-refractivity contribution is 6.30. The summed E-state index contributed by atoms with van der Waals surface area (Å²) < 4.78 is 2.27. The van der Waals surface area contributed by atoms with Gasteiger partial charge in [-0.2, -0.15) is 0 Å². The van der Waals surface area contributed by atoms with Crippen molar-refractivity contribution in [1.82, 2.24) is 9.88 Å². The predicted molar refractivity (Wildman–Crippen MR) is 85.9 cm³/mol. The number of para-hydroxylation sites is 1. The summed E-state index contributed by atoms with van der Waals surface area (Å²) in [7, 11) is 0. The number of benzene rings is 2. The molecule has 21 heavy (non-hydrogen) atoms. The molecular formula is C18H15ClN2. The van der Waals surface area contributed by atoms with E-state index in [0.717, 1.165) is 11.6 Å². The number of fused-ring (bicyclic) bond motifs is 3. The third-order valence-corrected chi connectivity index (χ3v) is 4.28. The molecule has 0 amide bonds. The minimum absolute atomic E-state index is 0.171. The number of halogens is 1. The molecule has 1 aliphatic rings. The zero-order chi connectivity index (χ0) is 14.2. The van der Waals surface area contributed by atoms with Crippen LogP contribution in [0.2, 0.25) is 5.02 Å². The van der Waals surface area contributed by atoms with Gasteiger partial charge in [0.05, 0.1) is 6.04 Å². The van der Waals surface area contributed by atoms with E-state index in [-0.39, 0.29) is 6.04 Å². The van der Waals surface area contributed by atoms with Gasteiger partial charge in [0.15, 0.2) is 0 Å². The van der Waals surface area contributed by atoms with Gasteiger partial charge in [-0.25, -0.2) is 0 Å². The van der Waals surface area contributed by atoms with Crippen LogP contribution in [0.1, 0.15) is 22.9 Å². The Kier molecular flexibility index (Phi) is 3.06. The highest BCUT2D eigenvalue weighted by Crippen LogP contribution is 2.30. The fourth-order valence-corrected chi connectivity index (χ4v) is 3.13. The molecule has 2 aromatic carbocycles. The Labute approximate surface area is 129 Å². The molecule has 1 aliphatic heterocycles. The zero-order valence-corrected chi connectivity index (χ0v) is 12.2. The summed E-state index contributed by atoms with van der Waals surface area (Å²) in [5.41, 5.74) is 5.04. The molecular weight excluding hydrogens is 280 g/mol. The van der Waals surface area contributed by atoms with Crippen molar-refractivity contribution in [2.75, 3.05) is 0 Å². The van der Waals surface area contributed by atoms with Gasteiger partial charge in [-0.3, -0.25) is 0 Å². The molecule has 2 nitrogen and oxygen atoms in total. The lowest BCUT2D eigenvalue weighted by Crippen LogP contribution is -2.21. The smallest absolute Gasteiger partial charge is 0.0737 e. The van der Waals surface area contributed by atoms with Gasteiger partial charge < -0.3 is 9.88 Å². The lowest BCUT2D eigenvalue weighted by Gasteiger charge is -2.18. The van der Waals surface area contributed by atoms with Gasteiger partial charge in [-0.15, -0.1) is 0 Å². The van der Waals surface area contributed by atoms with Gasteiger partial charge in [0.2, 0.25) is 0 Å². The maximum atomic E-state index is 6.01. The molecule has 1 aromatic heterocycles. The first-order valence-corrected chi connectivity index (χ1v) is 7.45. The van der Waals surface area contributed by atoms with Gasteiger partial charge in [0.25, 0.3) is 0 Å². The third kappa shape index (κ3) is 2.17. The summed E-state index contributed by atoms with van der Waals surface area (Å²) >= 11 is 6.01. The maximum Gasteiger partial charge on any atom is 0.0737 e. The van der Waals surface area contributed by atoms with E-state index in [4.69, 9.17) is 11.6 Å². The zero-order valence-electron chi connectivity index (χ0n) is 11.5. The monoisotopic (exact) mass is 294 g/mol. The Morgan fingerprint density at radius 3 is 2.62 bits per heavy atom. The molecule has 0 fully saturated rings. The standard InChI is InChI=1S/C18H15ClN2/c19-15-9-7-13(8-10-15)18-17-6-3-11-21(17)16-5-2-1-4-14(16)12-20-18/h1-11,18,20H,12H2. The van der Waals surface area contributed by atoms with E-state index in [2.05, 4.69) is 64.6 Å². The molecule has 0 saturated carbocycles. The number of hydrogen-bond acceptors (Lipinski definition) is 1.